The number of non-ortho nitro benzene ring substituents is 3. The van der Waals surface area contributed by atoms with Crippen molar-refractivity contribution in [3.05, 3.63) is 127 Å². The predicted molar refractivity (Wildman–Crippen MR) is 210 cm³/mol. The number of aromatic hydroxyl groups is 3. The second-order valence-corrected chi connectivity index (χ2v) is 14.9. The summed E-state index contributed by atoms with van der Waals surface area (Å²) in [7, 11) is -9.95. The highest BCUT2D eigenvalue weighted by Crippen LogP contribution is 2.51. The minimum absolute atomic E-state index is 0.0233. The van der Waals surface area contributed by atoms with Crippen LogP contribution in [-0.2, 0) is 20.2 Å². The van der Waals surface area contributed by atoms with E-state index in [0.29, 0.717) is 12.1 Å². The molecule has 0 unspecified atom stereocenters. The van der Waals surface area contributed by atoms with Crippen molar-refractivity contribution in [2.24, 2.45) is 30.7 Å². The van der Waals surface area contributed by atoms with Crippen LogP contribution in [0, 0.1) is 30.3 Å². The van der Waals surface area contributed by atoms with Crippen molar-refractivity contribution < 1.29 is 56.0 Å². The minimum atomic E-state index is -5.05. The van der Waals surface area contributed by atoms with Gasteiger partial charge in [-0.2, -0.15) is 27.1 Å². The summed E-state index contributed by atoms with van der Waals surface area (Å²) >= 11 is 0. The fraction of sp³-hybridized carbons (Fsp3) is 0. The fourth-order valence-electron chi connectivity index (χ4n) is 5.32. The molecule has 0 saturated heterocycles. The molecule has 6 rings (SSSR count). The lowest BCUT2D eigenvalue weighted by Gasteiger charge is -2.10. The lowest BCUT2D eigenvalue weighted by atomic mass is 10.1. The summed E-state index contributed by atoms with van der Waals surface area (Å²) in [6, 6.07) is 17.1. The van der Waals surface area contributed by atoms with Gasteiger partial charge in [-0.1, -0.05) is 0 Å². The lowest BCUT2D eigenvalue weighted by Crippen LogP contribution is -2.04. The minimum Gasteiger partial charge on any atom is -0.506 e. The van der Waals surface area contributed by atoms with E-state index in [2.05, 4.69) is 36.0 Å². The highest BCUT2D eigenvalue weighted by atomic mass is 32.2. The van der Waals surface area contributed by atoms with Crippen molar-refractivity contribution in [1.82, 2.24) is 0 Å². The Hall–Kier alpha value is -8.40. The van der Waals surface area contributed by atoms with Crippen LogP contribution in [0.5, 0.6) is 17.2 Å². The summed E-state index contributed by atoms with van der Waals surface area (Å²) < 4.78 is 67.4. The summed E-state index contributed by atoms with van der Waals surface area (Å²) in [5, 5.41) is 92.2. The Kier molecular flexibility index (Phi) is 11.4. The molecule has 0 aliphatic carbocycles. The number of nitrogens with zero attached hydrogens (tertiary/aromatic N) is 9. The predicted octanol–water partition coefficient (Wildman–Crippen LogP) is 9.16. The van der Waals surface area contributed by atoms with Gasteiger partial charge in [-0.3, -0.25) is 39.4 Å². The van der Waals surface area contributed by atoms with Crippen LogP contribution in [0.1, 0.15) is 0 Å². The van der Waals surface area contributed by atoms with Crippen molar-refractivity contribution in [1.29, 1.82) is 0 Å². The molecule has 6 aromatic carbocycles. The van der Waals surface area contributed by atoms with Gasteiger partial charge in [0.05, 0.1) is 31.8 Å². The third-order valence-electron chi connectivity index (χ3n) is 8.19. The van der Waals surface area contributed by atoms with Crippen LogP contribution in [0.25, 0.3) is 10.8 Å². The molecule has 0 fully saturated rings. The molecule has 0 bridgehead atoms. The number of nitro groups is 3. The van der Waals surface area contributed by atoms with Crippen molar-refractivity contribution in [2.75, 3.05) is 5.32 Å². The van der Waals surface area contributed by atoms with E-state index in [9.17, 15) is 71.6 Å². The molecule has 61 heavy (non-hydrogen) atoms. The molecule has 0 saturated carbocycles. The van der Waals surface area contributed by atoms with E-state index in [-0.39, 0.29) is 33.8 Å². The van der Waals surface area contributed by atoms with Crippen LogP contribution < -0.4 is 5.32 Å². The average Bonchev–Trinajstić information content (AvgIpc) is 3.20. The number of rotatable bonds is 13. The molecule has 0 atom stereocenters. The first-order valence-corrected chi connectivity index (χ1v) is 19.2. The Morgan fingerprint density at radius 3 is 1.52 bits per heavy atom. The number of nitrogens with one attached hydrogen (secondary N) is 1. The molecule has 0 aliphatic rings. The Morgan fingerprint density at radius 2 is 0.967 bits per heavy atom. The van der Waals surface area contributed by atoms with Crippen molar-refractivity contribution in [3.63, 3.8) is 0 Å². The molecule has 0 radical (unpaired) electrons. The second-order valence-electron chi connectivity index (χ2n) is 12.1. The number of benzene rings is 6. The van der Waals surface area contributed by atoms with Gasteiger partial charge in [0, 0.05) is 65.0 Å². The molecule has 0 heterocycles. The maximum Gasteiger partial charge on any atom is 0.296 e. The monoisotopic (exact) mass is 874 g/mol. The van der Waals surface area contributed by atoms with E-state index in [4.69, 9.17) is 0 Å². The van der Waals surface area contributed by atoms with Crippen LogP contribution in [0.3, 0.4) is 0 Å². The van der Waals surface area contributed by atoms with E-state index in [1.165, 1.54) is 36.4 Å². The zero-order valence-corrected chi connectivity index (χ0v) is 31.5. The van der Waals surface area contributed by atoms with Gasteiger partial charge in [-0.15, -0.1) is 20.5 Å². The number of phenolic OH excluding ortho intramolecular Hbond substituents is 3. The zero-order valence-electron chi connectivity index (χ0n) is 29.9. The molecule has 0 amide bonds. The number of azo groups is 3. The van der Waals surface area contributed by atoms with E-state index in [1.807, 2.05) is 0 Å². The summed E-state index contributed by atoms with van der Waals surface area (Å²) in [6.07, 6.45) is 0. The average molecular weight is 875 g/mol. The fourth-order valence-corrected chi connectivity index (χ4v) is 6.70. The van der Waals surface area contributed by atoms with Crippen molar-refractivity contribution >= 4 is 93.6 Å². The molecule has 27 heteroatoms. The van der Waals surface area contributed by atoms with Gasteiger partial charge in [0.15, 0.2) is 17.2 Å². The molecule has 6 aromatic rings. The highest BCUT2D eigenvalue weighted by molar-refractivity contribution is 7.86. The van der Waals surface area contributed by atoms with Crippen molar-refractivity contribution in [2.45, 2.75) is 9.79 Å². The standard InChI is InChI=1S/C34H22N10O15S2/c45-28-16-29(60(54,55)56)24-13-21(43(50)51)9-11-23(24)31(28)40-39-27-15-26(33(46)32(34(27)47)41-37-19-5-7-20(8-6-19)42(48)49)38-36-18-3-1-17(2-4-18)35-25-12-10-22(44(52)53)14-30(25)61(57,58)59/h1-16,35,45-47H,(H,54,55,56)(H,57,58,59). The smallest absolute Gasteiger partial charge is 0.296 e. The quantitative estimate of drug-likeness (QED) is 0.0272. The maximum atomic E-state index is 12.1. The van der Waals surface area contributed by atoms with Gasteiger partial charge in [-0.05, 0) is 48.5 Å². The number of hydrogen-bond acceptors (Lipinski definition) is 20. The van der Waals surface area contributed by atoms with E-state index in [1.54, 1.807) is 0 Å². The van der Waals surface area contributed by atoms with Crippen LogP contribution in [0.15, 0.2) is 138 Å². The highest BCUT2D eigenvalue weighted by Gasteiger charge is 2.24. The first kappa shape index (κ1) is 42.2. The van der Waals surface area contributed by atoms with Gasteiger partial charge in [0.25, 0.3) is 37.3 Å². The van der Waals surface area contributed by atoms with Crippen LogP contribution in [0.4, 0.5) is 62.6 Å². The molecule has 25 nitrogen and oxygen atoms in total. The van der Waals surface area contributed by atoms with Gasteiger partial charge in [0.2, 0.25) is 0 Å². The topological polar surface area (TPSA) is 385 Å². The lowest BCUT2D eigenvalue weighted by molar-refractivity contribution is -0.385. The van der Waals surface area contributed by atoms with Crippen LogP contribution in [-0.4, -0.2) is 56.0 Å². The van der Waals surface area contributed by atoms with Crippen molar-refractivity contribution in [3.8, 4) is 17.2 Å². The molecule has 6 N–H and O–H groups in total. The van der Waals surface area contributed by atoms with Gasteiger partial charge < -0.3 is 20.6 Å². The first-order valence-electron chi connectivity index (χ1n) is 16.3. The molecular weight excluding hydrogens is 853 g/mol. The molecule has 310 valence electrons. The third kappa shape index (κ3) is 9.34. The Morgan fingerprint density at radius 1 is 0.492 bits per heavy atom. The second kappa shape index (κ2) is 16.5. The number of nitro benzene ring substituents is 3. The summed E-state index contributed by atoms with van der Waals surface area (Å²) in [4.78, 5) is 29.6. The van der Waals surface area contributed by atoms with Crippen LogP contribution >= 0.6 is 0 Å². The van der Waals surface area contributed by atoms with E-state index < -0.39 is 102 Å². The number of hydrogen-bond donors (Lipinski definition) is 6. The maximum absolute atomic E-state index is 12.1. The molecule has 0 aliphatic heterocycles. The Balaban J connectivity index is 1.40. The van der Waals surface area contributed by atoms with Crippen LogP contribution in [0.2, 0.25) is 0 Å². The molecule has 0 spiro atoms. The number of phenols is 3. The molecule has 0 aromatic heterocycles. The first-order chi connectivity index (χ1) is 28.7. The summed E-state index contributed by atoms with van der Waals surface area (Å²) in [5.41, 5.74) is -3.47. The van der Waals surface area contributed by atoms with E-state index in [0.717, 1.165) is 48.5 Å². The van der Waals surface area contributed by atoms with Gasteiger partial charge in [0.1, 0.15) is 32.6 Å². The SMILES string of the molecule is O=[N+]([O-])c1ccc(N=Nc2c(O)c(N=Nc3ccc(Nc4ccc([N+](=O)[O-])cc4S(=O)(=O)O)cc3)cc(N=Nc3c(O)cc(S(=O)(=O)O)c4cc([N+](=O)[O-])ccc34)c2O)cc1. The summed E-state index contributed by atoms with van der Waals surface area (Å²) in [5.74, 6) is -2.61. The van der Waals surface area contributed by atoms with Gasteiger partial charge >= 0.3 is 0 Å². The zero-order chi connectivity index (χ0) is 44.4. The normalized spacial score (nSPS) is 12.1. The summed E-state index contributed by atoms with van der Waals surface area (Å²) in [6.45, 7) is 0. The third-order valence-corrected chi connectivity index (χ3v) is 9.97. The number of fused-ring (bicyclic) bond motifs is 1. The largest absolute Gasteiger partial charge is 0.506 e. The molecular formula is C34H22N10O15S2. The van der Waals surface area contributed by atoms with Gasteiger partial charge in [-0.25, -0.2) is 0 Å². The van der Waals surface area contributed by atoms with E-state index >= 15 is 0 Å². The number of anilines is 2. The Labute approximate surface area is 339 Å². The Bertz CT molecular complexity index is 3130.